The number of hydrogen-bond acceptors (Lipinski definition) is 3. The molecule has 1 aromatic heterocycles. The van der Waals surface area contributed by atoms with Gasteiger partial charge in [-0.3, -0.25) is 4.98 Å². The van der Waals surface area contributed by atoms with Gasteiger partial charge in [0.05, 0.1) is 19.0 Å². The lowest BCUT2D eigenvalue weighted by atomic mass is 9.92. The second-order valence-electron chi connectivity index (χ2n) is 4.17. The monoisotopic (exact) mass is 247 g/mol. The highest BCUT2D eigenvalue weighted by Crippen LogP contribution is 2.29. The fraction of sp³-hybridized carbons (Fsp3) is 0.214. The van der Waals surface area contributed by atoms with Gasteiger partial charge in [-0.15, -0.1) is 0 Å². The van der Waals surface area contributed by atoms with Crippen molar-refractivity contribution < 1.29 is 14.2 Å². The molecule has 0 aliphatic carbocycles. The number of ether oxygens (including phenoxy) is 1. The minimum absolute atomic E-state index is 0.386. The molecule has 0 saturated carbocycles. The summed E-state index contributed by atoms with van der Waals surface area (Å²) < 4.78 is 17.9. The van der Waals surface area contributed by atoms with Crippen LogP contribution in [0, 0.1) is 5.82 Å². The minimum atomic E-state index is -1.29. The molecule has 1 N–H and O–H groups in total. The van der Waals surface area contributed by atoms with Gasteiger partial charge in [0, 0.05) is 0 Å². The smallest absolute Gasteiger partial charge is 0.141 e. The summed E-state index contributed by atoms with van der Waals surface area (Å²) >= 11 is 0. The summed E-state index contributed by atoms with van der Waals surface area (Å²) in [5.41, 5.74) is -0.263. The first-order valence-corrected chi connectivity index (χ1v) is 5.53. The molecule has 0 aliphatic heterocycles. The van der Waals surface area contributed by atoms with Crippen LogP contribution in [-0.2, 0) is 5.60 Å². The number of rotatable bonds is 3. The Morgan fingerprint density at radius 1 is 1.28 bits per heavy atom. The third kappa shape index (κ3) is 2.33. The molecule has 0 spiro atoms. The van der Waals surface area contributed by atoms with E-state index in [0.717, 1.165) is 6.20 Å². The first-order valence-electron chi connectivity index (χ1n) is 5.53. The molecule has 0 bridgehead atoms. The van der Waals surface area contributed by atoms with Gasteiger partial charge in [0.1, 0.15) is 17.2 Å². The molecule has 94 valence electrons. The zero-order valence-corrected chi connectivity index (χ0v) is 10.2. The molecule has 1 atom stereocenters. The average Bonchev–Trinajstić information content (AvgIpc) is 2.39. The lowest BCUT2D eigenvalue weighted by Crippen LogP contribution is -2.24. The van der Waals surface area contributed by atoms with Crippen molar-refractivity contribution in [3.05, 3.63) is 59.7 Å². The fourth-order valence-electron chi connectivity index (χ4n) is 1.74. The Morgan fingerprint density at radius 3 is 2.67 bits per heavy atom. The topological polar surface area (TPSA) is 42.4 Å². The van der Waals surface area contributed by atoms with Crippen LogP contribution in [0.5, 0.6) is 5.75 Å². The minimum Gasteiger partial charge on any atom is -0.497 e. The molecule has 0 amide bonds. The van der Waals surface area contributed by atoms with Crippen LogP contribution in [0.2, 0.25) is 0 Å². The second kappa shape index (κ2) is 4.74. The molecular weight excluding hydrogens is 233 g/mol. The van der Waals surface area contributed by atoms with Gasteiger partial charge in [0.2, 0.25) is 0 Å². The summed E-state index contributed by atoms with van der Waals surface area (Å²) in [4.78, 5) is 3.92. The number of benzene rings is 1. The maximum absolute atomic E-state index is 12.8. The highest BCUT2D eigenvalue weighted by atomic mass is 19.1. The van der Waals surface area contributed by atoms with E-state index in [0.29, 0.717) is 17.0 Å². The number of aromatic nitrogens is 1. The summed E-state index contributed by atoms with van der Waals surface area (Å²) in [6.45, 7) is 1.61. The van der Waals surface area contributed by atoms with E-state index < -0.39 is 11.4 Å². The quantitative estimate of drug-likeness (QED) is 0.906. The highest BCUT2D eigenvalue weighted by Gasteiger charge is 2.27. The van der Waals surface area contributed by atoms with Crippen LogP contribution in [0.1, 0.15) is 18.2 Å². The normalized spacial score (nSPS) is 14.0. The summed E-state index contributed by atoms with van der Waals surface area (Å²) in [6.07, 6.45) is 1.09. The standard InChI is InChI=1S/C14H14FNO2/c1-14(17,13-7-6-11(15)9-16-13)10-4-3-5-12(8-10)18-2/h3-9,17H,1-2H3. The van der Waals surface area contributed by atoms with Gasteiger partial charge in [0.15, 0.2) is 0 Å². The van der Waals surface area contributed by atoms with Gasteiger partial charge >= 0.3 is 0 Å². The number of methoxy groups -OCH3 is 1. The predicted octanol–water partition coefficient (Wildman–Crippen LogP) is 2.49. The van der Waals surface area contributed by atoms with Crippen LogP contribution in [-0.4, -0.2) is 17.2 Å². The van der Waals surface area contributed by atoms with Gasteiger partial charge in [-0.2, -0.15) is 0 Å². The van der Waals surface area contributed by atoms with E-state index in [1.807, 2.05) is 0 Å². The van der Waals surface area contributed by atoms with Gasteiger partial charge in [-0.05, 0) is 36.8 Å². The number of aliphatic hydroxyl groups is 1. The lowest BCUT2D eigenvalue weighted by Gasteiger charge is -2.23. The second-order valence-corrected chi connectivity index (χ2v) is 4.17. The number of nitrogens with zero attached hydrogens (tertiary/aromatic N) is 1. The third-order valence-electron chi connectivity index (χ3n) is 2.86. The van der Waals surface area contributed by atoms with Crippen LogP contribution in [0.15, 0.2) is 42.6 Å². The van der Waals surface area contributed by atoms with Crippen molar-refractivity contribution in [2.75, 3.05) is 7.11 Å². The number of halogens is 1. The Balaban J connectivity index is 2.43. The maximum atomic E-state index is 12.8. The first kappa shape index (κ1) is 12.5. The Bertz CT molecular complexity index is 538. The largest absolute Gasteiger partial charge is 0.497 e. The molecule has 18 heavy (non-hydrogen) atoms. The van der Waals surface area contributed by atoms with Crippen molar-refractivity contribution in [1.82, 2.24) is 4.98 Å². The molecule has 2 rings (SSSR count). The molecule has 0 saturated heterocycles. The Labute approximate surface area is 105 Å². The van der Waals surface area contributed by atoms with Crippen molar-refractivity contribution >= 4 is 0 Å². The van der Waals surface area contributed by atoms with Gasteiger partial charge in [-0.25, -0.2) is 4.39 Å². The van der Waals surface area contributed by atoms with Crippen molar-refractivity contribution in [3.8, 4) is 5.75 Å². The van der Waals surface area contributed by atoms with Gasteiger partial charge < -0.3 is 9.84 Å². The van der Waals surface area contributed by atoms with Crippen molar-refractivity contribution in [3.63, 3.8) is 0 Å². The van der Waals surface area contributed by atoms with E-state index >= 15 is 0 Å². The van der Waals surface area contributed by atoms with Gasteiger partial charge in [-0.1, -0.05) is 12.1 Å². The molecule has 1 aromatic carbocycles. The van der Waals surface area contributed by atoms with E-state index in [2.05, 4.69) is 4.98 Å². The molecule has 4 heteroatoms. The van der Waals surface area contributed by atoms with Crippen LogP contribution in [0.4, 0.5) is 4.39 Å². The first-order chi connectivity index (χ1) is 8.54. The summed E-state index contributed by atoms with van der Waals surface area (Å²) in [7, 11) is 1.56. The van der Waals surface area contributed by atoms with E-state index in [1.165, 1.54) is 12.1 Å². The fourth-order valence-corrected chi connectivity index (χ4v) is 1.74. The van der Waals surface area contributed by atoms with Gasteiger partial charge in [0.25, 0.3) is 0 Å². The molecular formula is C14H14FNO2. The highest BCUT2D eigenvalue weighted by molar-refractivity contribution is 5.36. The SMILES string of the molecule is COc1cccc(C(C)(O)c2ccc(F)cn2)c1. The lowest BCUT2D eigenvalue weighted by molar-refractivity contribution is 0.0970. The molecule has 1 unspecified atom stereocenters. The molecule has 1 heterocycles. The Hall–Kier alpha value is -1.94. The van der Waals surface area contributed by atoms with Crippen LogP contribution in [0.3, 0.4) is 0 Å². The average molecular weight is 247 g/mol. The zero-order valence-electron chi connectivity index (χ0n) is 10.2. The van der Waals surface area contributed by atoms with Crippen molar-refractivity contribution in [2.45, 2.75) is 12.5 Å². The molecule has 2 aromatic rings. The van der Waals surface area contributed by atoms with E-state index in [9.17, 15) is 9.50 Å². The summed E-state index contributed by atoms with van der Waals surface area (Å²) in [5.74, 6) is 0.218. The molecule has 0 aliphatic rings. The molecule has 0 radical (unpaired) electrons. The zero-order chi connectivity index (χ0) is 13.2. The Morgan fingerprint density at radius 2 is 2.06 bits per heavy atom. The third-order valence-corrected chi connectivity index (χ3v) is 2.86. The predicted molar refractivity (Wildman–Crippen MR) is 65.9 cm³/mol. The Kier molecular flexibility index (Phi) is 3.30. The number of pyridine rings is 1. The maximum Gasteiger partial charge on any atom is 0.141 e. The van der Waals surface area contributed by atoms with E-state index in [1.54, 1.807) is 38.3 Å². The molecule has 0 fully saturated rings. The van der Waals surface area contributed by atoms with E-state index in [4.69, 9.17) is 4.74 Å². The van der Waals surface area contributed by atoms with E-state index in [-0.39, 0.29) is 0 Å². The van der Waals surface area contributed by atoms with Crippen LogP contribution >= 0.6 is 0 Å². The van der Waals surface area contributed by atoms with Crippen LogP contribution < -0.4 is 4.74 Å². The van der Waals surface area contributed by atoms with Crippen LogP contribution in [0.25, 0.3) is 0 Å². The van der Waals surface area contributed by atoms with Crippen molar-refractivity contribution in [2.24, 2.45) is 0 Å². The summed E-state index contributed by atoms with van der Waals surface area (Å²) in [5, 5.41) is 10.5. The summed E-state index contributed by atoms with van der Waals surface area (Å²) in [6, 6.07) is 9.81. The van der Waals surface area contributed by atoms with Crippen molar-refractivity contribution in [1.29, 1.82) is 0 Å². The number of hydrogen-bond donors (Lipinski definition) is 1. The molecule has 3 nitrogen and oxygen atoms in total.